The van der Waals surface area contributed by atoms with E-state index in [9.17, 15) is 4.39 Å². The molecule has 0 aliphatic heterocycles. The van der Waals surface area contributed by atoms with Gasteiger partial charge in [-0.2, -0.15) is 0 Å². The van der Waals surface area contributed by atoms with Crippen LogP contribution in [-0.2, 0) is 0 Å². The molecule has 0 spiro atoms. The average Bonchev–Trinajstić information content (AvgIpc) is 2.40. The number of hydrogen-bond donors (Lipinski definition) is 1. The van der Waals surface area contributed by atoms with Gasteiger partial charge in [-0.25, -0.2) is 4.39 Å². The van der Waals surface area contributed by atoms with E-state index in [1.807, 2.05) is 18.2 Å². The maximum absolute atomic E-state index is 12.9. The Labute approximate surface area is 107 Å². The average molecular weight is 241 g/mol. The third-order valence-electron chi connectivity index (χ3n) is 2.71. The molecule has 2 aromatic carbocycles. The summed E-state index contributed by atoms with van der Waals surface area (Å²) >= 11 is 0. The lowest BCUT2D eigenvalue weighted by Crippen LogP contribution is -1.94. The standard InChI is InChI=1S/C16H16FN/c17-16-9-7-14(8-10-16)15-6-3-5-13(12-15)4-1-2-11-18/h1,3-10,12H,2,11,18H2/b4-1+. The van der Waals surface area contributed by atoms with E-state index < -0.39 is 0 Å². The van der Waals surface area contributed by atoms with Crippen molar-refractivity contribution in [3.05, 3.63) is 66.0 Å². The first kappa shape index (κ1) is 12.5. The van der Waals surface area contributed by atoms with Gasteiger partial charge in [-0.1, -0.05) is 42.5 Å². The predicted octanol–water partition coefficient (Wildman–Crippen LogP) is 3.85. The second-order valence-electron chi connectivity index (χ2n) is 4.11. The smallest absolute Gasteiger partial charge is 0.123 e. The van der Waals surface area contributed by atoms with Crippen molar-refractivity contribution in [2.45, 2.75) is 6.42 Å². The fourth-order valence-electron chi connectivity index (χ4n) is 1.78. The molecule has 0 amide bonds. The highest BCUT2D eigenvalue weighted by Gasteiger charge is 1.98. The summed E-state index contributed by atoms with van der Waals surface area (Å²) in [6, 6.07) is 14.7. The lowest BCUT2D eigenvalue weighted by atomic mass is 10.0. The third kappa shape index (κ3) is 3.28. The van der Waals surface area contributed by atoms with E-state index in [1.165, 1.54) is 12.1 Å². The fourth-order valence-corrected chi connectivity index (χ4v) is 1.78. The zero-order valence-corrected chi connectivity index (χ0v) is 10.1. The molecule has 92 valence electrons. The van der Waals surface area contributed by atoms with Crippen molar-refractivity contribution in [2.75, 3.05) is 6.54 Å². The molecule has 0 aliphatic carbocycles. The Morgan fingerprint density at radius 3 is 2.50 bits per heavy atom. The molecule has 0 fully saturated rings. The molecule has 2 aromatic rings. The van der Waals surface area contributed by atoms with Crippen LogP contribution in [0, 0.1) is 5.82 Å². The van der Waals surface area contributed by atoms with E-state index in [0.717, 1.165) is 23.1 Å². The Hall–Kier alpha value is -1.93. The van der Waals surface area contributed by atoms with E-state index >= 15 is 0 Å². The summed E-state index contributed by atoms with van der Waals surface area (Å²) in [5.74, 6) is -0.210. The predicted molar refractivity (Wildman–Crippen MR) is 74.5 cm³/mol. The SMILES string of the molecule is NCC/C=C/c1cccc(-c2ccc(F)cc2)c1. The molecule has 0 aromatic heterocycles. The molecular weight excluding hydrogens is 225 g/mol. The Morgan fingerprint density at radius 2 is 1.78 bits per heavy atom. The first-order valence-electron chi connectivity index (χ1n) is 6.02. The van der Waals surface area contributed by atoms with Gasteiger partial charge in [0.1, 0.15) is 5.82 Å². The molecule has 0 heterocycles. The van der Waals surface area contributed by atoms with Crippen molar-refractivity contribution in [1.82, 2.24) is 0 Å². The van der Waals surface area contributed by atoms with Crippen LogP contribution in [0.3, 0.4) is 0 Å². The molecule has 2 N–H and O–H groups in total. The molecule has 0 saturated carbocycles. The molecule has 2 heteroatoms. The minimum atomic E-state index is -0.210. The van der Waals surface area contributed by atoms with Gasteiger partial charge >= 0.3 is 0 Å². The van der Waals surface area contributed by atoms with Crippen LogP contribution in [-0.4, -0.2) is 6.54 Å². The molecule has 2 rings (SSSR count). The van der Waals surface area contributed by atoms with E-state index in [4.69, 9.17) is 5.73 Å². The van der Waals surface area contributed by atoms with Crippen molar-refractivity contribution in [2.24, 2.45) is 5.73 Å². The lowest BCUT2D eigenvalue weighted by molar-refractivity contribution is 0.628. The van der Waals surface area contributed by atoms with E-state index in [1.54, 1.807) is 12.1 Å². The van der Waals surface area contributed by atoms with E-state index in [2.05, 4.69) is 18.2 Å². The van der Waals surface area contributed by atoms with E-state index in [-0.39, 0.29) is 5.82 Å². The second kappa shape index (κ2) is 6.12. The largest absolute Gasteiger partial charge is 0.330 e. The van der Waals surface area contributed by atoms with Crippen LogP contribution in [0.4, 0.5) is 4.39 Å². The molecule has 0 radical (unpaired) electrons. The van der Waals surface area contributed by atoms with Gasteiger partial charge in [0.15, 0.2) is 0 Å². The van der Waals surface area contributed by atoms with Gasteiger partial charge in [0.25, 0.3) is 0 Å². The van der Waals surface area contributed by atoms with Gasteiger partial charge in [0, 0.05) is 0 Å². The first-order chi connectivity index (χ1) is 8.79. The van der Waals surface area contributed by atoms with Crippen molar-refractivity contribution in [3.8, 4) is 11.1 Å². The highest BCUT2D eigenvalue weighted by atomic mass is 19.1. The van der Waals surface area contributed by atoms with Crippen molar-refractivity contribution < 1.29 is 4.39 Å². The summed E-state index contributed by atoms with van der Waals surface area (Å²) in [6.45, 7) is 0.661. The highest BCUT2D eigenvalue weighted by molar-refractivity contribution is 5.67. The third-order valence-corrected chi connectivity index (χ3v) is 2.71. The number of halogens is 1. The molecule has 0 unspecified atom stereocenters. The van der Waals surface area contributed by atoms with E-state index in [0.29, 0.717) is 6.54 Å². The van der Waals surface area contributed by atoms with Crippen LogP contribution < -0.4 is 5.73 Å². The van der Waals surface area contributed by atoms with Gasteiger partial charge in [-0.3, -0.25) is 0 Å². The molecule has 0 saturated heterocycles. The summed E-state index contributed by atoms with van der Waals surface area (Å²) in [7, 11) is 0. The summed E-state index contributed by atoms with van der Waals surface area (Å²) < 4.78 is 12.9. The fraction of sp³-hybridized carbons (Fsp3) is 0.125. The summed E-state index contributed by atoms with van der Waals surface area (Å²) in [5.41, 5.74) is 8.68. The zero-order valence-electron chi connectivity index (χ0n) is 10.1. The van der Waals surface area contributed by atoms with Crippen LogP contribution >= 0.6 is 0 Å². The maximum Gasteiger partial charge on any atom is 0.123 e. The van der Waals surface area contributed by atoms with Crippen LogP contribution in [0.5, 0.6) is 0 Å². The topological polar surface area (TPSA) is 26.0 Å². The van der Waals surface area contributed by atoms with Gasteiger partial charge < -0.3 is 5.73 Å². The number of benzene rings is 2. The van der Waals surface area contributed by atoms with Crippen LogP contribution in [0.15, 0.2) is 54.6 Å². The quantitative estimate of drug-likeness (QED) is 0.864. The normalized spacial score (nSPS) is 11.0. The van der Waals surface area contributed by atoms with Crippen LogP contribution in [0.2, 0.25) is 0 Å². The van der Waals surface area contributed by atoms with Crippen molar-refractivity contribution >= 4 is 6.08 Å². The summed E-state index contributed by atoms with van der Waals surface area (Å²) in [5, 5.41) is 0. The number of rotatable bonds is 4. The summed E-state index contributed by atoms with van der Waals surface area (Å²) in [4.78, 5) is 0. The highest BCUT2D eigenvalue weighted by Crippen LogP contribution is 2.21. The Bertz CT molecular complexity index is 529. The van der Waals surface area contributed by atoms with Crippen molar-refractivity contribution in [3.63, 3.8) is 0 Å². The van der Waals surface area contributed by atoms with Gasteiger partial charge in [0.2, 0.25) is 0 Å². The van der Waals surface area contributed by atoms with Gasteiger partial charge in [-0.15, -0.1) is 0 Å². The van der Waals surface area contributed by atoms with Crippen molar-refractivity contribution in [1.29, 1.82) is 0 Å². The minimum absolute atomic E-state index is 0.210. The minimum Gasteiger partial charge on any atom is -0.330 e. The monoisotopic (exact) mass is 241 g/mol. The molecule has 1 nitrogen and oxygen atoms in total. The van der Waals surface area contributed by atoms with Gasteiger partial charge in [-0.05, 0) is 47.9 Å². The molecule has 0 bridgehead atoms. The Morgan fingerprint density at radius 1 is 1.00 bits per heavy atom. The molecular formula is C16H16FN. The first-order valence-corrected chi connectivity index (χ1v) is 6.02. The molecule has 0 aliphatic rings. The van der Waals surface area contributed by atoms with Crippen LogP contribution in [0.25, 0.3) is 17.2 Å². The maximum atomic E-state index is 12.9. The second-order valence-corrected chi connectivity index (χ2v) is 4.11. The lowest BCUT2D eigenvalue weighted by Gasteiger charge is -2.03. The zero-order chi connectivity index (χ0) is 12.8. The molecule has 18 heavy (non-hydrogen) atoms. The Kier molecular flexibility index (Phi) is 4.26. The van der Waals surface area contributed by atoms with Crippen LogP contribution in [0.1, 0.15) is 12.0 Å². The summed E-state index contributed by atoms with van der Waals surface area (Å²) in [6.07, 6.45) is 4.99. The molecule has 0 atom stereocenters. The number of nitrogens with two attached hydrogens (primary N) is 1. The number of hydrogen-bond acceptors (Lipinski definition) is 1. The Balaban J connectivity index is 2.24. The van der Waals surface area contributed by atoms with Gasteiger partial charge in [0.05, 0.1) is 0 Å².